The fourth-order valence-corrected chi connectivity index (χ4v) is 2.95. The summed E-state index contributed by atoms with van der Waals surface area (Å²) < 4.78 is 10.6. The highest BCUT2D eigenvalue weighted by molar-refractivity contribution is 5.29. The van der Waals surface area contributed by atoms with Crippen LogP contribution in [0.3, 0.4) is 0 Å². The van der Waals surface area contributed by atoms with Crippen LogP contribution in [0.25, 0.3) is 0 Å². The molecular formula is C18H24N2O3. The summed E-state index contributed by atoms with van der Waals surface area (Å²) in [7, 11) is 1.64. The van der Waals surface area contributed by atoms with Crippen molar-refractivity contribution in [1.29, 1.82) is 0 Å². The van der Waals surface area contributed by atoms with Gasteiger partial charge in [0.15, 0.2) is 0 Å². The number of aliphatic hydroxyl groups excluding tert-OH is 1. The van der Waals surface area contributed by atoms with Crippen LogP contribution < -0.4 is 4.74 Å². The molecule has 1 aromatic carbocycles. The van der Waals surface area contributed by atoms with Crippen LogP contribution >= 0.6 is 0 Å². The molecule has 0 radical (unpaired) electrons. The average molecular weight is 316 g/mol. The molecule has 1 aliphatic heterocycles. The maximum Gasteiger partial charge on any atom is 0.119 e. The molecule has 1 fully saturated rings. The first-order chi connectivity index (χ1) is 11.2. The number of hydrogen-bond acceptors (Lipinski definition) is 5. The molecule has 0 spiro atoms. The molecule has 1 aliphatic rings. The maximum absolute atomic E-state index is 10.4. The van der Waals surface area contributed by atoms with E-state index < -0.39 is 6.10 Å². The van der Waals surface area contributed by atoms with Crippen molar-refractivity contribution in [2.24, 2.45) is 0 Å². The zero-order valence-electron chi connectivity index (χ0n) is 13.5. The highest BCUT2D eigenvalue weighted by atomic mass is 16.5. The largest absolute Gasteiger partial charge is 0.497 e. The van der Waals surface area contributed by atoms with E-state index in [4.69, 9.17) is 9.15 Å². The minimum Gasteiger partial charge on any atom is -0.497 e. The lowest BCUT2D eigenvalue weighted by atomic mass is 10.1. The summed E-state index contributed by atoms with van der Waals surface area (Å²) in [5.74, 6) is 1.79. The van der Waals surface area contributed by atoms with E-state index in [9.17, 15) is 5.11 Å². The molecule has 1 aromatic heterocycles. The second kappa shape index (κ2) is 7.64. The highest BCUT2D eigenvalue weighted by Crippen LogP contribution is 2.20. The van der Waals surface area contributed by atoms with Gasteiger partial charge in [0.2, 0.25) is 0 Å². The quantitative estimate of drug-likeness (QED) is 0.885. The number of benzene rings is 1. The molecule has 0 amide bonds. The van der Waals surface area contributed by atoms with E-state index in [0.717, 1.165) is 49.8 Å². The van der Waals surface area contributed by atoms with Crippen LogP contribution in [0.4, 0.5) is 0 Å². The van der Waals surface area contributed by atoms with Crippen LogP contribution in [0.5, 0.6) is 5.75 Å². The van der Waals surface area contributed by atoms with Crippen molar-refractivity contribution in [2.75, 3.05) is 39.8 Å². The molecule has 2 aromatic rings. The van der Waals surface area contributed by atoms with E-state index in [1.54, 1.807) is 13.4 Å². The van der Waals surface area contributed by atoms with Crippen LogP contribution in [0.2, 0.25) is 0 Å². The van der Waals surface area contributed by atoms with E-state index in [0.29, 0.717) is 6.54 Å². The van der Waals surface area contributed by atoms with Crippen molar-refractivity contribution in [3.8, 4) is 5.75 Å². The third-order valence-corrected chi connectivity index (χ3v) is 4.33. The normalized spacial score (nSPS) is 18.0. The first kappa shape index (κ1) is 16.1. The molecule has 1 saturated heterocycles. The summed E-state index contributed by atoms with van der Waals surface area (Å²) >= 11 is 0. The predicted molar refractivity (Wildman–Crippen MR) is 88.4 cm³/mol. The van der Waals surface area contributed by atoms with Crippen molar-refractivity contribution < 1.29 is 14.3 Å². The summed E-state index contributed by atoms with van der Waals surface area (Å²) in [6.07, 6.45) is 1.23. The van der Waals surface area contributed by atoms with Gasteiger partial charge >= 0.3 is 0 Å². The Kier molecular flexibility index (Phi) is 5.33. The van der Waals surface area contributed by atoms with E-state index in [-0.39, 0.29) is 0 Å². The molecule has 5 nitrogen and oxygen atoms in total. The van der Waals surface area contributed by atoms with Gasteiger partial charge in [-0.25, -0.2) is 0 Å². The molecule has 0 bridgehead atoms. The second-order valence-corrected chi connectivity index (χ2v) is 5.95. The fraction of sp³-hybridized carbons (Fsp3) is 0.444. The van der Waals surface area contributed by atoms with Crippen LogP contribution in [0, 0.1) is 0 Å². The van der Waals surface area contributed by atoms with Gasteiger partial charge in [-0.05, 0) is 29.8 Å². The lowest BCUT2D eigenvalue weighted by Gasteiger charge is -2.35. The number of aliphatic hydroxyl groups is 1. The molecule has 1 unspecified atom stereocenters. The topological polar surface area (TPSA) is 49.1 Å². The Balaban J connectivity index is 1.48. The number of nitrogens with zero attached hydrogens (tertiary/aromatic N) is 2. The molecule has 2 heterocycles. The van der Waals surface area contributed by atoms with Gasteiger partial charge in [0.1, 0.15) is 11.5 Å². The minimum atomic E-state index is -0.485. The molecule has 0 aliphatic carbocycles. The summed E-state index contributed by atoms with van der Waals surface area (Å²) in [6, 6.07) is 11.6. The lowest BCUT2D eigenvalue weighted by molar-refractivity contribution is 0.0677. The standard InChI is InChI=1S/C18H24N2O3/c1-22-16-5-2-4-15(12-16)18(21)14-20-9-7-19(8-10-20)13-17-6-3-11-23-17/h2-6,11-12,18,21H,7-10,13-14H2,1H3. The molecular weight excluding hydrogens is 292 g/mol. The fourth-order valence-electron chi connectivity index (χ4n) is 2.95. The van der Waals surface area contributed by atoms with Crippen molar-refractivity contribution >= 4 is 0 Å². The summed E-state index contributed by atoms with van der Waals surface area (Å²) in [6.45, 7) is 5.42. The lowest BCUT2D eigenvalue weighted by Crippen LogP contribution is -2.47. The zero-order chi connectivity index (χ0) is 16.1. The SMILES string of the molecule is COc1cccc(C(O)CN2CCN(Cc3ccco3)CC2)c1. The molecule has 5 heteroatoms. The number of piperazine rings is 1. The Hall–Kier alpha value is -1.82. The van der Waals surface area contributed by atoms with Gasteiger partial charge in [-0.15, -0.1) is 0 Å². The molecule has 3 rings (SSSR count). The number of ether oxygens (including phenoxy) is 1. The van der Waals surface area contributed by atoms with Crippen molar-refractivity contribution in [3.05, 3.63) is 54.0 Å². The number of β-amino-alcohol motifs (C(OH)–C–C–N with tert-alkyl or cyclic N) is 1. The summed E-state index contributed by atoms with van der Waals surface area (Å²) in [5, 5.41) is 10.4. The number of hydrogen-bond donors (Lipinski definition) is 1. The Morgan fingerprint density at radius 2 is 1.91 bits per heavy atom. The first-order valence-corrected chi connectivity index (χ1v) is 8.03. The van der Waals surface area contributed by atoms with Crippen molar-refractivity contribution in [3.63, 3.8) is 0 Å². The van der Waals surface area contributed by atoms with Crippen molar-refractivity contribution in [1.82, 2.24) is 9.80 Å². The van der Waals surface area contributed by atoms with E-state index in [1.807, 2.05) is 36.4 Å². The first-order valence-electron chi connectivity index (χ1n) is 8.03. The van der Waals surface area contributed by atoms with Gasteiger partial charge in [-0.2, -0.15) is 0 Å². The molecule has 0 saturated carbocycles. The predicted octanol–water partition coefficient (Wildman–Crippen LogP) is 2.14. The van der Waals surface area contributed by atoms with Crippen LogP contribution in [-0.4, -0.2) is 54.7 Å². The van der Waals surface area contributed by atoms with E-state index >= 15 is 0 Å². The average Bonchev–Trinajstić information content (AvgIpc) is 3.09. The second-order valence-electron chi connectivity index (χ2n) is 5.95. The Bertz CT molecular complexity index is 592. The zero-order valence-corrected chi connectivity index (χ0v) is 13.5. The monoisotopic (exact) mass is 316 g/mol. The van der Waals surface area contributed by atoms with Gasteiger partial charge in [-0.3, -0.25) is 9.80 Å². The van der Waals surface area contributed by atoms with Gasteiger partial charge in [0.25, 0.3) is 0 Å². The highest BCUT2D eigenvalue weighted by Gasteiger charge is 2.20. The maximum atomic E-state index is 10.4. The van der Waals surface area contributed by atoms with Crippen LogP contribution in [-0.2, 0) is 6.54 Å². The number of methoxy groups -OCH3 is 1. The Labute approximate surface area is 137 Å². The summed E-state index contributed by atoms with van der Waals surface area (Å²) in [4.78, 5) is 4.69. The van der Waals surface area contributed by atoms with Crippen LogP contribution in [0.15, 0.2) is 47.1 Å². The van der Waals surface area contributed by atoms with Gasteiger partial charge in [0.05, 0.1) is 26.0 Å². The van der Waals surface area contributed by atoms with Gasteiger partial charge < -0.3 is 14.3 Å². The molecule has 1 N–H and O–H groups in total. The Morgan fingerprint density at radius 3 is 2.61 bits per heavy atom. The summed E-state index contributed by atoms with van der Waals surface area (Å²) in [5.41, 5.74) is 0.905. The molecule has 124 valence electrons. The van der Waals surface area contributed by atoms with Gasteiger partial charge in [0, 0.05) is 32.7 Å². The van der Waals surface area contributed by atoms with E-state index in [2.05, 4.69) is 9.80 Å². The van der Waals surface area contributed by atoms with Crippen LogP contribution in [0.1, 0.15) is 17.4 Å². The third-order valence-electron chi connectivity index (χ3n) is 4.33. The molecule has 23 heavy (non-hydrogen) atoms. The Morgan fingerprint density at radius 1 is 1.13 bits per heavy atom. The molecule has 1 atom stereocenters. The van der Waals surface area contributed by atoms with Crippen molar-refractivity contribution in [2.45, 2.75) is 12.6 Å². The van der Waals surface area contributed by atoms with Gasteiger partial charge in [-0.1, -0.05) is 12.1 Å². The van der Waals surface area contributed by atoms with E-state index in [1.165, 1.54) is 0 Å². The number of furan rings is 1. The smallest absolute Gasteiger partial charge is 0.119 e. The number of rotatable bonds is 6. The third kappa shape index (κ3) is 4.34. The minimum absolute atomic E-state index is 0.485.